The maximum Gasteiger partial charge on any atom is 0.257 e. The van der Waals surface area contributed by atoms with Crippen LogP contribution in [0.1, 0.15) is 59.3 Å². The number of halogens is 4. The molecule has 1 aliphatic carbocycles. The Bertz CT molecular complexity index is 1610. The lowest BCUT2D eigenvalue weighted by atomic mass is 9.65. The minimum absolute atomic E-state index is 0.126. The number of para-hydroxylation sites is 1. The summed E-state index contributed by atoms with van der Waals surface area (Å²) in [6.45, 7) is 0.257. The maximum atomic E-state index is 14.9. The van der Waals surface area contributed by atoms with Crippen LogP contribution in [0.25, 0.3) is 10.9 Å². The molecular weight excluding hydrogens is 530 g/mol. The molecule has 8 heteroatoms. The molecule has 1 saturated carbocycles. The van der Waals surface area contributed by atoms with E-state index in [1.165, 1.54) is 5.56 Å². The molecule has 0 bridgehead atoms. The number of nitrogens with zero attached hydrogens (tertiary/aromatic N) is 2. The number of fused-ring (bicyclic) bond motifs is 4. The van der Waals surface area contributed by atoms with Crippen LogP contribution in [0.4, 0.5) is 17.6 Å². The number of amides is 1. The van der Waals surface area contributed by atoms with Gasteiger partial charge in [-0.05, 0) is 82.3 Å². The zero-order valence-electron chi connectivity index (χ0n) is 23.2. The molecule has 41 heavy (non-hydrogen) atoms. The molecule has 0 unspecified atom stereocenters. The molecule has 1 N–H and O–H groups in total. The Morgan fingerprint density at radius 3 is 2.29 bits per heavy atom. The molecule has 1 aliphatic heterocycles. The van der Waals surface area contributed by atoms with Gasteiger partial charge in [0.25, 0.3) is 5.91 Å². The zero-order valence-corrected chi connectivity index (χ0v) is 23.2. The number of carbonyl (C=O) groups excluding carboxylic acids is 1. The van der Waals surface area contributed by atoms with Gasteiger partial charge >= 0.3 is 0 Å². The SMILES string of the molecule is CN(C)C1(CCc2ccccc2)CCC2(CC1)c1[nH]c3ccccc3c1CCN2C(=O)c1cc(F)c(F)c(F)c1F. The molecule has 1 amide bonds. The number of aromatic amines is 1. The fraction of sp³-hybridized carbons (Fsp3) is 0.364. The van der Waals surface area contributed by atoms with Gasteiger partial charge in [-0.2, -0.15) is 0 Å². The van der Waals surface area contributed by atoms with Gasteiger partial charge in [0.15, 0.2) is 23.3 Å². The van der Waals surface area contributed by atoms with Crippen molar-refractivity contribution in [1.82, 2.24) is 14.8 Å². The highest BCUT2D eigenvalue weighted by Crippen LogP contribution is 2.52. The van der Waals surface area contributed by atoms with E-state index in [1.807, 2.05) is 42.5 Å². The molecule has 1 aromatic heterocycles. The van der Waals surface area contributed by atoms with Gasteiger partial charge in [0.05, 0.1) is 11.1 Å². The Hall–Kier alpha value is -3.65. The number of hydrogen-bond acceptors (Lipinski definition) is 2. The number of aryl methyl sites for hydroxylation is 1. The van der Waals surface area contributed by atoms with Crippen LogP contribution < -0.4 is 0 Å². The Balaban J connectivity index is 1.41. The number of aromatic nitrogens is 1. The molecule has 0 saturated heterocycles. The first-order valence-electron chi connectivity index (χ1n) is 14.1. The lowest BCUT2D eigenvalue weighted by molar-refractivity contribution is -0.0153. The molecule has 2 heterocycles. The third-order valence-corrected chi connectivity index (χ3v) is 9.64. The van der Waals surface area contributed by atoms with Gasteiger partial charge in [0, 0.05) is 28.7 Å². The van der Waals surface area contributed by atoms with Crippen molar-refractivity contribution in [2.24, 2.45) is 0 Å². The van der Waals surface area contributed by atoms with E-state index in [1.54, 1.807) is 4.90 Å². The molecule has 1 spiro atoms. The largest absolute Gasteiger partial charge is 0.356 e. The molecule has 0 radical (unpaired) electrons. The summed E-state index contributed by atoms with van der Waals surface area (Å²) in [6.07, 6.45) is 5.04. The Morgan fingerprint density at radius 1 is 0.902 bits per heavy atom. The summed E-state index contributed by atoms with van der Waals surface area (Å²) in [4.78, 5) is 21.4. The van der Waals surface area contributed by atoms with E-state index < -0.39 is 40.3 Å². The van der Waals surface area contributed by atoms with Gasteiger partial charge in [-0.3, -0.25) is 4.79 Å². The Morgan fingerprint density at radius 2 is 1.59 bits per heavy atom. The molecule has 6 rings (SSSR count). The van der Waals surface area contributed by atoms with Crippen LogP contribution >= 0.6 is 0 Å². The first-order valence-corrected chi connectivity index (χ1v) is 14.1. The summed E-state index contributed by atoms with van der Waals surface area (Å²) in [7, 11) is 4.17. The quantitative estimate of drug-likeness (QED) is 0.160. The summed E-state index contributed by atoms with van der Waals surface area (Å²) in [6, 6.07) is 18.8. The average molecular weight is 564 g/mol. The smallest absolute Gasteiger partial charge is 0.257 e. The highest BCUT2D eigenvalue weighted by molar-refractivity contribution is 5.96. The van der Waals surface area contributed by atoms with Crippen molar-refractivity contribution < 1.29 is 22.4 Å². The highest BCUT2D eigenvalue weighted by atomic mass is 19.2. The molecule has 0 atom stereocenters. The lowest BCUT2D eigenvalue weighted by Gasteiger charge is -2.55. The minimum atomic E-state index is -1.97. The fourth-order valence-corrected chi connectivity index (χ4v) is 7.19. The highest BCUT2D eigenvalue weighted by Gasteiger charge is 2.52. The second-order valence-corrected chi connectivity index (χ2v) is 11.7. The van der Waals surface area contributed by atoms with Gasteiger partial charge in [-0.1, -0.05) is 48.5 Å². The van der Waals surface area contributed by atoms with E-state index in [0.29, 0.717) is 25.3 Å². The van der Waals surface area contributed by atoms with E-state index in [-0.39, 0.29) is 12.1 Å². The van der Waals surface area contributed by atoms with Crippen LogP contribution in [-0.2, 0) is 18.4 Å². The van der Waals surface area contributed by atoms with Crippen LogP contribution in [0.3, 0.4) is 0 Å². The third-order valence-electron chi connectivity index (χ3n) is 9.64. The monoisotopic (exact) mass is 563 g/mol. The molecule has 4 aromatic rings. The van der Waals surface area contributed by atoms with Crippen LogP contribution in [0.2, 0.25) is 0 Å². The van der Waals surface area contributed by atoms with Gasteiger partial charge in [0.2, 0.25) is 0 Å². The normalized spacial score (nSPS) is 22.5. The van der Waals surface area contributed by atoms with Crippen molar-refractivity contribution in [2.45, 2.75) is 56.0 Å². The van der Waals surface area contributed by atoms with E-state index in [9.17, 15) is 22.4 Å². The van der Waals surface area contributed by atoms with Crippen molar-refractivity contribution in [3.8, 4) is 0 Å². The van der Waals surface area contributed by atoms with Crippen LogP contribution in [0.5, 0.6) is 0 Å². The zero-order chi connectivity index (χ0) is 28.9. The van der Waals surface area contributed by atoms with Crippen LogP contribution in [0, 0.1) is 23.3 Å². The molecule has 3 aromatic carbocycles. The second-order valence-electron chi connectivity index (χ2n) is 11.7. The van der Waals surface area contributed by atoms with Gasteiger partial charge < -0.3 is 14.8 Å². The Kier molecular flexibility index (Phi) is 6.92. The maximum absolute atomic E-state index is 14.9. The summed E-state index contributed by atoms with van der Waals surface area (Å²) >= 11 is 0. The lowest BCUT2D eigenvalue weighted by Crippen LogP contribution is -2.59. The van der Waals surface area contributed by atoms with Gasteiger partial charge in [-0.25, -0.2) is 17.6 Å². The summed E-state index contributed by atoms with van der Waals surface area (Å²) in [5.41, 5.74) is 2.49. The predicted molar refractivity (Wildman–Crippen MR) is 151 cm³/mol. The Labute approximate surface area is 237 Å². The summed E-state index contributed by atoms with van der Waals surface area (Å²) < 4.78 is 57.1. The number of nitrogens with one attached hydrogen (secondary N) is 1. The summed E-state index contributed by atoms with van der Waals surface area (Å²) in [5.74, 6) is -7.96. The van der Waals surface area contributed by atoms with Crippen molar-refractivity contribution in [1.29, 1.82) is 0 Å². The number of carbonyl (C=O) groups is 1. The first-order chi connectivity index (χ1) is 19.7. The fourth-order valence-electron chi connectivity index (χ4n) is 7.19. The molecular formula is C33H33F4N3O. The standard InChI is InChI=1S/C33H33F4N3O/c1-39(2)32(14-12-21-8-4-3-5-9-21)15-17-33(18-16-32)30-23(22-10-6-7-11-26(22)38-30)13-19-40(33)31(41)24-20-25(34)28(36)29(37)27(24)35/h3-11,20,38H,12-19H2,1-2H3. The molecule has 1 fully saturated rings. The van der Waals surface area contributed by atoms with E-state index in [2.05, 4.69) is 36.1 Å². The topological polar surface area (TPSA) is 39.3 Å². The van der Waals surface area contributed by atoms with Crippen LogP contribution in [0.15, 0.2) is 60.7 Å². The van der Waals surface area contributed by atoms with Crippen LogP contribution in [-0.4, -0.2) is 46.9 Å². The summed E-state index contributed by atoms with van der Waals surface area (Å²) in [5, 5.41) is 1.08. The van der Waals surface area contributed by atoms with E-state index >= 15 is 0 Å². The predicted octanol–water partition coefficient (Wildman–Crippen LogP) is 7.13. The first kappa shape index (κ1) is 27.5. The third kappa shape index (κ3) is 4.43. The minimum Gasteiger partial charge on any atom is -0.356 e. The van der Waals surface area contributed by atoms with Crippen molar-refractivity contribution in [3.63, 3.8) is 0 Å². The van der Waals surface area contributed by atoms with Crippen molar-refractivity contribution >= 4 is 16.8 Å². The molecule has 2 aliphatic rings. The van der Waals surface area contributed by atoms with Gasteiger partial charge in [-0.15, -0.1) is 0 Å². The van der Waals surface area contributed by atoms with Crippen molar-refractivity contribution in [2.75, 3.05) is 20.6 Å². The molecule has 4 nitrogen and oxygen atoms in total. The van der Waals surface area contributed by atoms with E-state index in [4.69, 9.17) is 0 Å². The number of H-pyrrole nitrogens is 1. The van der Waals surface area contributed by atoms with E-state index in [0.717, 1.165) is 47.8 Å². The number of rotatable bonds is 5. The second kappa shape index (κ2) is 10.3. The van der Waals surface area contributed by atoms with Gasteiger partial charge in [0.1, 0.15) is 0 Å². The average Bonchev–Trinajstić information content (AvgIpc) is 3.38. The van der Waals surface area contributed by atoms with Crippen molar-refractivity contribution in [3.05, 3.63) is 106 Å². The number of benzene rings is 3. The molecule has 214 valence electrons. The number of hydrogen-bond donors (Lipinski definition) is 1.